The number of hydroxylamine groups is 1. The number of hydrogen-bond donors (Lipinski definition) is 2. The second-order valence-corrected chi connectivity index (χ2v) is 5.15. The number of nitrogens with zero attached hydrogens (tertiary/aromatic N) is 1. The molecular formula is C14H20N2O4. The van der Waals surface area contributed by atoms with E-state index in [1.165, 1.54) is 12.0 Å². The van der Waals surface area contributed by atoms with E-state index in [0.29, 0.717) is 6.54 Å². The van der Waals surface area contributed by atoms with Crippen LogP contribution in [0.4, 0.5) is 4.79 Å². The third-order valence-electron chi connectivity index (χ3n) is 3.39. The van der Waals surface area contributed by atoms with Gasteiger partial charge < -0.3 is 19.6 Å². The van der Waals surface area contributed by atoms with Crippen LogP contribution in [0.25, 0.3) is 0 Å². The zero-order valence-electron chi connectivity index (χ0n) is 11.7. The number of rotatable bonds is 4. The first-order chi connectivity index (χ1) is 9.53. The molecule has 0 unspecified atom stereocenters. The number of β-amino-alcohol motifs (C(OH)–C–C–N with tert-alkyl or cyclic N) is 1. The van der Waals surface area contributed by atoms with Crippen LogP contribution in [-0.4, -0.2) is 47.9 Å². The summed E-state index contributed by atoms with van der Waals surface area (Å²) in [5, 5.41) is 10.2. The van der Waals surface area contributed by atoms with Crippen LogP contribution in [0, 0.1) is 0 Å². The highest BCUT2D eigenvalue weighted by Crippen LogP contribution is 2.22. The molecule has 1 aliphatic rings. The number of carbonyl (C=O) groups is 1. The van der Waals surface area contributed by atoms with Gasteiger partial charge in [-0.3, -0.25) is 0 Å². The van der Waals surface area contributed by atoms with Gasteiger partial charge in [0.15, 0.2) is 0 Å². The summed E-state index contributed by atoms with van der Waals surface area (Å²) in [6, 6.07) is 9.14. The van der Waals surface area contributed by atoms with Crippen LogP contribution < -0.4 is 5.48 Å². The molecule has 0 spiro atoms. The highest BCUT2D eigenvalue weighted by Gasteiger charge is 2.44. The van der Waals surface area contributed by atoms with Gasteiger partial charge in [0, 0.05) is 6.54 Å². The summed E-state index contributed by atoms with van der Waals surface area (Å²) in [6.45, 7) is 2.44. The van der Waals surface area contributed by atoms with Gasteiger partial charge in [-0.15, -0.1) is 0 Å². The van der Waals surface area contributed by atoms with Gasteiger partial charge in [-0.1, -0.05) is 30.3 Å². The number of nitrogens with one attached hydrogen (secondary N) is 1. The zero-order chi connectivity index (χ0) is 14.6. The Labute approximate surface area is 118 Å². The van der Waals surface area contributed by atoms with E-state index in [1.54, 1.807) is 6.92 Å². The first-order valence-corrected chi connectivity index (χ1v) is 6.49. The average Bonchev–Trinajstić information content (AvgIpc) is 2.73. The van der Waals surface area contributed by atoms with E-state index in [-0.39, 0.29) is 19.2 Å². The third-order valence-corrected chi connectivity index (χ3v) is 3.39. The molecule has 0 saturated carbocycles. The molecule has 6 nitrogen and oxygen atoms in total. The Hall–Kier alpha value is -1.63. The summed E-state index contributed by atoms with van der Waals surface area (Å²) in [4.78, 5) is 18.3. The van der Waals surface area contributed by atoms with Crippen molar-refractivity contribution in [1.82, 2.24) is 10.4 Å². The summed E-state index contributed by atoms with van der Waals surface area (Å²) in [5.41, 5.74) is 2.58. The van der Waals surface area contributed by atoms with Crippen molar-refractivity contribution in [3.8, 4) is 0 Å². The molecule has 1 fully saturated rings. The van der Waals surface area contributed by atoms with Gasteiger partial charge in [0.1, 0.15) is 6.61 Å². The van der Waals surface area contributed by atoms with E-state index in [0.717, 1.165) is 5.56 Å². The number of ether oxygens (including phenoxy) is 1. The van der Waals surface area contributed by atoms with Gasteiger partial charge in [0.25, 0.3) is 0 Å². The van der Waals surface area contributed by atoms with Crippen molar-refractivity contribution < 1.29 is 19.5 Å². The lowest BCUT2D eigenvalue weighted by molar-refractivity contribution is -0.0227. The van der Waals surface area contributed by atoms with Crippen LogP contribution in [0.3, 0.4) is 0 Å². The second kappa shape index (κ2) is 6.21. The molecule has 2 N–H and O–H groups in total. The molecule has 1 amide bonds. The minimum absolute atomic E-state index is 0.210. The first-order valence-electron chi connectivity index (χ1n) is 6.49. The fourth-order valence-electron chi connectivity index (χ4n) is 2.23. The standard InChI is InChI=1S/C14H20N2O4/c1-14(18)10-16(8-12(14)15-19-2)13(17)20-9-11-6-4-3-5-7-11/h3-7,12,15,18H,8-10H2,1-2H3/t12-,14-/m0/s1. The molecule has 110 valence electrons. The molecule has 6 heteroatoms. The van der Waals surface area contributed by atoms with Crippen molar-refractivity contribution in [1.29, 1.82) is 0 Å². The molecule has 1 aromatic rings. The van der Waals surface area contributed by atoms with Crippen LogP contribution in [-0.2, 0) is 16.2 Å². The number of carbonyl (C=O) groups excluding carboxylic acids is 1. The Morgan fingerprint density at radius 1 is 1.50 bits per heavy atom. The number of likely N-dealkylation sites (tertiary alicyclic amines) is 1. The predicted molar refractivity (Wildman–Crippen MR) is 72.8 cm³/mol. The average molecular weight is 280 g/mol. The van der Waals surface area contributed by atoms with Crippen molar-refractivity contribution in [2.24, 2.45) is 0 Å². The fraction of sp³-hybridized carbons (Fsp3) is 0.500. The summed E-state index contributed by atoms with van der Waals surface area (Å²) in [5.74, 6) is 0. The number of aliphatic hydroxyl groups is 1. The van der Waals surface area contributed by atoms with Gasteiger partial charge in [-0.2, -0.15) is 5.48 Å². The van der Waals surface area contributed by atoms with Crippen LogP contribution >= 0.6 is 0 Å². The molecule has 0 bridgehead atoms. The van der Waals surface area contributed by atoms with Crippen molar-refractivity contribution in [3.05, 3.63) is 35.9 Å². The highest BCUT2D eigenvalue weighted by molar-refractivity contribution is 5.68. The zero-order valence-corrected chi connectivity index (χ0v) is 11.7. The Morgan fingerprint density at radius 3 is 2.85 bits per heavy atom. The Bertz CT molecular complexity index is 450. The fourth-order valence-corrected chi connectivity index (χ4v) is 2.23. The van der Waals surface area contributed by atoms with Gasteiger partial charge in [0.05, 0.1) is 25.3 Å². The van der Waals surface area contributed by atoms with Gasteiger partial charge in [-0.05, 0) is 12.5 Å². The molecule has 1 aromatic carbocycles. The second-order valence-electron chi connectivity index (χ2n) is 5.15. The molecule has 1 heterocycles. The highest BCUT2D eigenvalue weighted by atomic mass is 16.6. The van der Waals surface area contributed by atoms with E-state index in [4.69, 9.17) is 9.57 Å². The maximum absolute atomic E-state index is 12.0. The number of hydrogen-bond acceptors (Lipinski definition) is 5. The van der Waals surface area contributed by atoms with Crippen molar-refractivity contribution in [3.63, 3.8) is 0 Å². The van der Waals surface area contributed by atoms with Crippen molar-refractivity contribution in [2.45, 2.75) is 25.2 Å². The van der Waals surface area contributed by atoms with E-state index >= 15 is 0 Å². The molecule has 2 rings (SSSR count). The van der Waals surface area contributed by atoms with Gasteiger partial charge in [0.2, 0.25) is 0 Å². The van der Waals surface area contributed by atoms with Crippen molar-refractivity contribution in [2.75, 3.05) is 20.2 Å². The summed E-state index contributed by atoms with van der Waals surface area (Å²) < 4.78 is 5.24. The maximum atomic E-state index is 12.0. The lowest BCUT2D eigenvalue weighted by Crippen LogP contribution is -2.47. The number of amides is 1. The van der Waals surface area contributed by atoms with E-state index in [1.807, 2.05) is 30.3 Å². The molecule has 1 aliphatic heterocycles. The molecular weight excluding hydrogens is 260 g/mol. The molecule has 1 saturated heterocycles. The topological polar surface area (TPSA) is 71.0 Å². The number of benzene rings is 1. The van der Waals surface area contributed by atoms with Gasteiger partial charge >= 0.3 is 6.09 Å². The largest absolute Gasteiger partial charge is 0.445 e. The van der Waals surface area contributed by atoms with Crippen LogP contribution in [0.1, 0.15) is 12.5 Å². The Kier molecular flexibility index (Phi) is 4.59. The minimum Gasteiger partial charge on any atom is -0.445 e. The molecule has 0 aliphatic carbocycles. The maximum Gasteiger partial charge on any atom is 0.410 e. The monoisotopic (exact) mass is 280 g/mol. The summed E-state index contributed by atoms with van der Waals surface area (Å²) in [6.07, 6.45) is -0.436. The first kappa shape index (κ1) is 14.8. The van der Waals surface area contributed by atoms with Gasteiger partial charge in [-0.25, -0.2) is 4.79 Å². The minimum atomic E-state index is -1.04. The van der Waals surface area contributed by atoms with E-state index < -0.39 is 11.7 Å². The van der Waals surface area contributed by atoms with Crippen molar-refractivity contribution >= 4 is 6.09 Å². The third kappa shape index (κ3) is 3.47. The summed E-state index contributed by atoms with van der Waals surface area (Å²) in [7, 11) is 1.48. The summed E-state index contributed by atoms with van der Waals surface area (Å²) >= 11 is 0. The van der Waals surface area contributed by atoms with Crippen LogP contribution in [0.5, 0.6) is 0 Å². The molecule has 0 radical (unpaired) electrons. The predicted octanol–water partition coefficient (Wildman–Crippen LogP) is 0.909. The molecule has 20 heavy (non-hydrogen) atoms. The van der Waals surface area contributed by atoms with E-state index in [9.17, 15) is 9.90 Å². The SMILES string of the molecule is CON[C@H]1CN(C(=O)OCc2ccccc2)C[C@]1(C)O. The quantitative estimate of drug-likeness (QED) is 0.802. The molecule has 0 aromatic heterocycles. The smallest absolute Gasteiger partial charge is 0.410 e. The molecule has 2 atom stereocenters. The lowest BCUT2D eigenvalue weighted by atomic mass is 10.0. The van der Waals surface area contributed by atoms with Crippen LogP contribution in [0.15, 0.2) is 30.3 Å². The Balaban J connectivity index is 1.88. The normalized spacial score (nSPS) is 25.8. The van der Waals surface area contributed by atoms with Crippen LogP contribution in [0.2, 0.25) is 0 Å². The lowest BCUT2D eigenvalue weighted by Gasteiger charge is -2.23. The Morgan fingerprint density at radius 2 is 2.20 bits per heavy atom. The van der Waals surface area contributed by atoms with E-state index in [2.05, 4.69) is 5.48 Å².